The van der Waals surface area contributed by atoms with E-state index in [1.54, 1.807) is 12.4 Å². The molecule has 0 fully saturated rings. The zero-order chi connectivity index (χ0) is 17.5. The van der Waals surface area contributed by atoms with E-state index in [1.807, 2.05) is 24.3 Å². The molecule has 0 spiro atoms. The summed E-state index contributed by atoms with van der Waals surface area (Å²) in [4.78, 5) is 4.13. The number of para-hydroxylation sites is 1. The zero-order valence-corrected chi connectivity index (χ0v) is 14.5. The quantitative estimate of drug-likeness (QED) is 0.682. The van der Waals surface area contributed by atoms with Crippen molar-refractivity contribution in [2.75, 3.05) is 0 Å². The Hall–Kier alpha value is -3.14. The van der Waals surface area contributed by atoms with Gasteiger partial charge in [-0.3, -0.25) is 4.98 Å². The van der Waals surface area contributed by atoms with Crippen LogP contribution >= 0.6 is 0 Å². The maximum Gasteiger partial charge on any atom is 0.213 e. The first-order valence-electron chi connectivity index (χ1n) is 8.88. The molecule has 3 aromatic rings. The molecule has 0 amide bonds. The van der Waals surface area contributed by atoms with Crippen LogP contribution in [0.2, 0.25) is 0 Å². The second kappa shape index (κ2) is 5.99. The van der Waals surface area contributed by atoms with Gasteiger partial charge in [0, 0.05) is 29.9 Å². The van der Waals surface area contributed by atoms with E-state index in [2.05, 4.69) is 53.3 Å². The number of nitrogens with zero attached hydrogens (tertiary/aromatic N) is 3. The Balaban J connectivity index is 1.59. The maximum atomic E-state index is 6.33. The van der Waals surface area contributed by atoms with Crippen LogP contribution in [0.25, 0.3) is 0 Å². The van der Waals surface area contributed by atoms with Crippen LogP contribution in [0.4, 0.5) is 0 Å². The Kier molecular flexibility index (Phi) is 3.49. The number of pyridine rings is 1. The molecular weight excluding hydrogens is 322 g/mol. The zero-order valence-electron chi connectivity index (χ0n) is 14.5. The molecule has 0 N–H and O–H groups in total. The van der Waals surface area contributed by atoms with Crippen molar-refractivity contribution in [3.05, 3.63) is 95.3 Å². The fourth-order valence-electron chi connectivity index (χ4n) is 3.70. The molecule has 3 heterocycles. The van der Waals surface area contributed by atoms with Crippen LogP contribution in [-0.4, -0.2) is 15.7 Å². The van der Waals surface area contributed by atoms with Crippen molar-refractivity contribution in [3.8, 4) is 5.75 Å². The number of hydrogen-bond acceptors (Lipinski definition) is 4. The maximum absolute atomic E-state index is 6.33. The summed E-state index contributed by atoms with van der Waals surface area (Å²) in [5.74, 6) is 0.941. The van der Waals surface area contributed by atoms with Crippen LogP contribution < -0.4 is 4.74 Å². The van der Waals surface area contributed by atoms with Gasteiger partial charge in [0.1, 0.15) is 5.75 Å². The molecule has 2 aromatic carbocycles. The third kappa shape index (κ3) is 2.46. The van der Waals surface area contributed by atoms with E-state index in [0.29, 0.717) is 0 Å². The predicted octanol–water partition coefficient (Wildman–Crippen LogP) is 4.63. The van der Waals surface area contributed by atoms with Crippen LogP contribution in [0.15, 0.2) is 78.2 Å². The molecule has 2 aliphatic rings. The number of aromatic nitrogens is 1. The molecule has 26 heavy (non-hydrogen) atoms. The molecule has 128 valence electrons. The summed E-state index contributed by atoms with van der Waals surface area (Å²) in [6.45, 7) is 2.10. The van der Waals surface area contributed by atoms with E-state index in [-0.39, 0.29) is 12.3 Å². The van der Waals surface area contributed by atoms with Crippen molar-refractivity contribution >= 4 is 5.71 Å². The molecule has 1 aromatic heterocycles. The monoisotopic (exact) mass is 341 g/mol. The summed E-state index contributed by atoms with van der Waals surface area (Å²) in [5.41, 5.74) is 5.80. The predicted molar refractivity (Wildman–Crippen MR) is 101 cm³/mol. The molecule has 5 rings (SSSR count). The minimum absolute atomic E-state index is 0.189. The summed E-state index contributed by atoms with van der Waals surface area (Å²) in [6.07, 6.45) is 4.25. The van der Waals surface area contributed by atoms with Gasteiger partial charge in [0.05, 0.1) is 11.8 Å². The smallest absolute Gasteiger partial charge is 0.213 e. The number of benzene rings is 2. The van der Waals surface area contributed by atoms with Crippen LogP contribution in [-0.2, 0) is 0 Å². The molecule has 4 heteroatoms. The highest BCUT2D eigenvalue weighted by atomic mass is 16.5. The highest BCUT2D eigenvalue weighted by Gasteiger charge is 2.40. The van der Waals surface area contributed by atoms with Crippen LogP contribution in [0.3, 0.4) is 0 Å². The topological polar surface area (TPSA) is 37.7 Å². The standard InChI is InChI=1S/C22H19N3O/c1-15-6-8-16(9-7-15)19-14-20-18-4-2-3-5-21(18)26-22(25(20)24-19)17-10-12-23-13-11-17/h2-13,20,22H,14H2,1H3/t20-,22+/m1/s1. The van der Waals surface area contributed by atoms with Crippen LogP contribution in [0.1, 0.15) is 40.9 Å². The first-order valence-corrected chi connectivity index (χ1v) is 8.88. The van der Waals surface area contributed by atoms with Gasteiger partial charge in [0.15, 0.2) is 0 Å². The van der Waals surface area contributed by atoms with E-state index >= 15 is 0 Å². The Morgan fingerprint density at radius 1 is 0.962 bits per heavy atom. The van der Waals surface area contributed by atoms with Gasteiger partial charge in [-0.05, 0) is 30.7 Å². The Bertz CT molecular complexity index is 966. The van der Waals surface area contributed by atoms with Gasteiger partial charge in [-0.1, -0.05) is 48.0 Å². The first kappa shape index (κ1) is 15.1. The van der Waals surface area contributed by atoms with Crippen molar-refractivity contribution in [2.24, 2.45) is 5.10 Å². The van der Waals surface area contributed by atoms with E-state index in [0.717, 1.165) is 23.4 Å². The van der Waals surface area contributed by atoms with Crippen molar-refractivity contribution in [1.82, 2.24) is 9.99 Å². The highest BCUT2D eigenvalue weighted by molar-refractivity contribution is 6.02. The second-order valence-corrected chi connectivity index (χ2v) is 6.80. The van der Waals surface area contributed by atoms with Gasteiger partial charge in [0.2, 0.25) is 6.23 Å². The lowest BCUT2D eigenvalue weighted by Crippen LogP contribution is -2.33. The molecule has 0 radical (unpaired) electrons. The summed E-state index contributed by atoms with van der Waals surface area (Å²) in [6, 6.07) is 21.0. The summed E-state index contributed by atoms with van der Waals surface area (Å²) in [7, 11) is 0. The average molecular weight is 341 g/mol. The Labute approximate surface area is 152 Å². The molecule has 4 nitrogen and oxygen atoms in total. The average Bonchev–Trinajstić information content (AvgIpc) is 3.14. The SMILES string of the molecule is Cc1ccc(C2=NN3[C@H](C2)c2ccccc2O[C@H]3c2ccncc2)cc1. The molecule has 2 aliphatic heterocycles. The van der Waals surface area contributed by atoms with Crippen molar-refractivity contribution in [3.63, 3.8) is 0 Å². The van der Waals surface area contributed by atoms with Gasteiger partial charge in [-0.15, -0.1) is 0 Å². The fraction of sp³-hybridized carbons (Fsp3) is 0.182. The van der Waals surface area contributed by atoms with Crippen LogP contribution in [0.5, 0.6) is 5.75 Å². The normalized spacial score (nSPS) is 20.8. The lowest BCUT2D eigenvalue weighted by molar-refractivity contribution is -0.0190. The van der Waals surface area contributed by atoms with Gasteiger partial charge in [-0.2, -0.15) is 5.10 Å². The number of hydrazone groups is 1. The van der Waals surface area contributed by atoms with Gasteiger partial charge in [0.25, 0.3) is 0 Å². The fourth-order valence-corrected chi connectivity index (χ4v) is 3.70. The van der Waals surface area contributed by atoms with Gasteiger partial charge in [-0.25, -0.2) is 5.01 Å². The molecule has 0 saturated carbocycles. The summed E-state index contributed by atoms with van der Waals surface area (Å²) < 4.78 is 6.33. The molecule has 2 atom stereocenters. The third-order valence-corrected chi connectivity index (χ3v) is 5.08. The minimum atomic E-state index is -0.235. The first-order chi connectivity index (χ1) is 12.8. The number of fused-ring (bicyclic) bond motifs is 3. The summed E-state index contributed by atoms with van der Waals surface area (Å²) >= 11 is 0. The minimum Gasteiger partial charge on any atom is -0.464 e. The van der Waals surface area contributed by atoms with Crippen molar-refractivity contribution in [1.29, 1.82) is 0 Å². The largest absolute Gasteiger partial charge is 0.464 e. The molecular formula is C22H19N3O. The van der Waals surface area contributed by atoms with Crippen molar-refractivity contribution in [2.45, 2.75) is 25.6 Å². The molecule has 0 unspecified atom stereocenters. The van der Waals surface area contributed by atoms with E-state index in [4.69, 9.17) is 9.84 Å². The highest BCUT2D eigenvalue weighted by Crippen LogP contribution is 2.47. The molecule has 0 bridgehead atoms. The van der Waals surface area contributed by atoms with Gasteiger partial charge >= 0.3 is 0 Å². The molecule has 0 saturated heterocycles. The third-order valence-electron chi connectivity index (χ3n) is 5.08. The van der Waals surface area contributed by atoms with Crippen LogP contribution in [0, 0.1) is 6.92 Å². The second-order valence-electron chi connectivity index (χ2n) is 6.80. The number of rotatable bonds is 2. The lowest BCUT2D eigenvalue weighted by Gasteiger charge is -2.38. The Morgan fingerprint density at radius 2 is 1.73 bits per heavy atom. The molecule has 0 aliphatic carbocycles. The number of hydrogen-bond donors (Lipinski definition) is 0. The number of aryl methyl sites for hydroxylation is 1. The number of ether oxygens (including phenoxy) is 1. The Morgan fingerprint density at radius 3 is 2.54 bits per heavy atom. The summed E-state index contributed by atoms with van der Waals surface area (Å²) in [5, 5.41) is 7.08. The lowest BCUT2D eigenvalue weighted by atomic mass is 9.96. The van der Waals surface area contributed by atoms with E-state index in [9.17, 15) is 0 Å². The van der Waals surface area contributed by atoms with E-state index in [1.165, 1.54) is 16.7 Å². The van der Waals surface area contributed by atoms with Crippen molar-refractivity contribution < 1.29 is 4.74 Å². The van der Waals surface area contributed by atoms with Gasteiger partial charge < -0.3 is 4.74 Å². The van der Waals surface area contributed by atoms with E-state index < -0.39 is 0 Å².